The third kappa shape index (κ3) is 5.52. The second-order valence-electron chi connectivity index (χ2n) is 15.2. The molecule has 0 saturated carbocycles. The molecular weight excluding hydrogens is 731 g/mol. The van der Waals surface area contributed by atoms with Crippen LogP contribution in [-0.2, 0) is 0 Å². The van der Waals surface area contributed by atoms with Gasteiger partial charge in [-0.2, -0.15) is 0 Å². The van der Waals surface area contributed by atoms with Crippen molar-refractivity contribution in [2.24, 2.45) is 0 Å². The molecule has 0 bridgehead atoms. The standard InChI is InChI=1S/C55H35N5/c1-3-15-37(16-4-1)48-35-49(58-55(57-48)39-17-5-2-6-18-39)38-29-27-36(28-30-38)45-34-54(60-52-25-13-9-21-43(52)44-22-10-14-26-53(44)60)56-47-32-31-40(33-46(45)47)59-50-23-11-7-19-41(50)42-20-8-12-24-51(42)59/h1-35H. The maximum atomic E-state index is 5.43. The number of nitrogens with zero attached hydrogens (tertiary/aromatic N) is 5. The van der Waals surface area contributed by atoms with Crippen molar-refractivity contribution in [1.29, 1.82) is 0 Å². The van der Waals surface area contributed by atoms with E-state index in [1.54, 1.807) is 0 Å². The van der Waals surface area contributed by atoms with E-state index in [0.717, 1.165) is 72.6 Å². The second kappa shape index (κ2) is 13.8. The van der Waals surface area contributed by atoms with Crippen LogP contribution in [0.3, 0.4) is 0 Å². The smallest absolute Gasteiger partial charge is 0.160 e. The van der Waals surface area contributed by atoms with Crippen molar-refractivity contribution in [3.63, 3.8) is 0 Å². The summed E-state index contributed by atoms with van der Waals surface area (Å²) >= 11 is 0. The van der Waals surface area contributed by atoms with Crippen LogP contribution in [0.5, 0.6) is 0 Å². The van der Waals surface area contributed by atoms with Gasteiger partial charge in [0, 0.05) is 49.3 Å². The summed E-state index contributed by atoms with van der Waals surface area (Å²) in [5.41, 5.74) is 13.6. The van der Waals surface area contributed by atoms with E-state index in [-0.39, 0.29) is 0 Å². The van der Waals surface area contributed by atoms with Crippen molar-refractivity contribution in [2.75, 3.05) is 0 Å². The Labute approximate surface area is 346 Å². The van der Waals surface area contributed by atoms with E-state index in [2.05, 4.69) is 185 Å². The van der Waals surface area contributed by atoms with Gasteiger partial charge in [-0.05, 0) is 65.7 Å². The first-order chi connectivity index (χ1) is 29.7. The summed E-state index contributed by atoms with van der Waals surface area (Å²) in [5, 5.41) is 5.96. The van der Waals surface area contributed by atoms with E-state index in [4.69, 9.17) is 15.0 Å². The van der Waals surface area contributed by atoms with Crippen LogP contribution >= 0.6 is 0 Å². The van der Waals surface area contributed by atoms with Crippen molar-refractivity contribution in [3.8, 4) is 56.5 Å². The molecular formula is C55H35N5. The molecule has 0 aliphatic rings. The first-order valence-corrected chi connectivity index (χ1v) is 20.3. The highest BCUT2D eigenvalue weighted by Gasteiger charge is 2.19. The molecule has 0 saturated heterocycles. The van der Waals surface area contributed by atoms with Gasteiger partial charge < -0.3 is 4.57 Å². The van der Waals surface area contributed by atoms with Crippen molar-refractivity contribution >= 4 is 54.5 Å². The highest BCUT2D eigenvalue weighted by Crippen LogP contribution is 2.39. The largest absolute Gasteiger partial charge is 0.309 e. The van der Waals surface area contributed by atoms with Crippen LogP contribution in [-0.4, -0.2) is 24.1 Å². The molecule has 0 atom stereocenters. The van der Waals surface area contributed by atoms with Crippen molar-refractivity contribution < 1.29 is 0 Å². The van der Waals surface area contributed by atoms with Gasteiger partial charge in [-0.3, -0.25) is 4.57 Å². The summed E-state index contributed by atoms with van der Waals surface area (Å²) in [5.74, 6) is 1.57. The van der Waals surface area contributed by atoms with Crippen molar-refractivity contribution in [2.45, 2.75) is 0 Å². The van der Waals surface area contributed by atoms with E-state index in [1.807, 2.05) is 36.4 Å². The number of hydrogen-bond donors (Lipinski definition) is 0. The van der Waals surface area contributed by atoms with Gasteiger partial charge in [0.25, 0.3) is 0 Å². The molecule has 8 aromatic carbocycles. The average molecular weight is 766 g/mol. The third-order valence-corrected chi connectivity index (χ3v) is 11.7. The van der Waals surface area contributed by atoms with E-state index >= 15 is 0 Å². The Balaban J connectivity index is 1.07. The molecule has 0 spiro atoms. The highest BCUT2D eigenvalue weighted by molar-refractivity contribution is 6.11. The van der Waals surface area contributed by atoms with Crippen LogP contribution in [0.4, 0.5) is 0 Å². The lowest BCUT2D eigenvalue weighted by atomic mass is 9.98. The van der Waals surface area contributed by atoms with Crippen LogP contribution in [0.1, 0.15) is 0 Å². The zero-order chi connectivity index (χ0) is 39.6. The molecule has 0 amide bonds. The highest BCUT2D eigenvalue weighted by atomic mass is 15.1. The Morgan fingerprint density at radius 1 is 0.300 bits per heavy atom. The minimum absolute atomic E-state index is 0.699. The summed E-state index contributed by atoms with van der Waals surface area (Å²) in [7, 11) is 0. The molecule has 0 unspecified atom stereocenters. The summed E-state index contributed by atoms with van der Waals surface area (Å²) in [6, 6.07) is 74.9. The first kappa shape index (κ1) is 33.9. The van der Waals surface area contributed by atoms with Gasteiger partial charge in [-0.15, -0.1) is 0 Å². The lowest BCUT2D eigenvalue weighted by molar-refractivity contribution is 1.10. The molecule has 12 aromatic rings. The van der Waals surface area contributed by atoms with Gasteiger partial charge in [0.15, 0.2) is 5.82 Å². The Bertz CT molecular complexity index is 3420. The molecule has 4 aromatic heterocycles. The Kier molecular flexibility index (Phi) is 7.78. The fraction of sp³-hybridized carbons (Fsp3) is 0. The van der Waals surface area contributed by atoms with Crippen LogP contribution < -0.4 is 0 Å². The first-order valence-electron chi connectivity index (χ1n) is 20.3. The molecule has 0 N–H and O–H groups in total. The molecule has 0 aliphatic heterocycles. The zero-order valence-corrected chi connectivity index (χ0v) is 32.4. The number of aromatic nitrogens is 5. The molecule has 280 valence electrons. The van der Waals surface area contributed by atoms with Crippen LogP contribution in [0.25, 0.3) is 111 Å². The molecule has 5 nitrogen and oxygen atoms in total. The average Bonchev–Trinajstić information content (AvgIpc) is 3.85. The van der Waals surface area contributed by atoms with E-state index in [0.29, 0.717) is 5.82 Å². The Morgan fingerprint density at radius 2 is 0.750 bits per heavy atom. The quantitative estimate of drug-likeness (QED) is 0.169. The van der Waals surface area contributed by atoms with Crippen molar-refractivity contribution in [1.82, 2.24) is 24.1 Å². The zero-order valence-electron chi connectivity index (χ0n) is 32.4. The van der Waals surface area contributed by atoms with Gasteiger partial charge in [-0.1, -0.05) is 158 Å². The summed E-state index contributed by atoms with van der Waals surface area (Å²) in [6.45, 7) is 0. The second-order valence-corrected chi connectivity index (χ2v) is 15.2. The van der Waals surface area contributed by atoms with Gasteiger partial charge in [0.05, 0.1) is 39.0 Å². The molecule has 4 heterocycles. The number of para-hydroxylation sites is 4. The van der Waals surface area contributed by atoms with E-state index < -0.39 is 0 Å². The fourth-order valence-corrected chi connectivity index (χ4v) is 8.95. The summed E-state index contributed by atoms with van der Waals surface area (Å²) in [6.07, 6.45) is 0. The van der Waals surface area contributed by atoms with E-state index in [9.17, 15) is 0 Å². The number of benzene rings is 8. The van der Waals surface area contributed by atoms with E-state index in [1.165, 1.54) is 32.6 Å². The van der Waals surface area contributed by atoms with Gasteiger partial charge >= 0.3 is 0 Å². The topological polar surface area (TPSA) is 48.5 Å². The number of fused-ring (bicyclic) bond motifs is 7. The minimum atomic E-state index is 0.699. The summed E-state index contributed by atoms with van der Waals surface area (Å²) in [4.78, 5) is 15.6. The summed E-state index contributed by atoms with van der Waals surface area (Å²) < 4.78 is 4.68. The predicted molar refractivity (Wildman–Crippen MR) is 248 cm³/mol. The van der Waals surface area contributed by atoms with Crippen LogP contribution in [0.2, 0.25) is 0 Å². The molecule has 0 fully saturated rings. The predicted octanol–water partition coefficient (Wildman–Crippen LogP) is 13.9. The third-order valence-electron chi connectivity index (χ3n) is 11.7. The van der Waals surface area contributed by atoms with Crippen LogP contribution in [0, 0.1) is 0 Å². The maximum absolute atomic E-state index is 5.43. The molecule has 12 rings (SSSR count). The Morgan fingerprint density at radius 3 is 1.30 bits per heavy atom. The van der Waals surface area contributed by atoms with Gasteiger partial charge in [-0.25, -0.2) is 15.0 Å². The molecule has 0 aliphatic carbocycles. The monoisotopic (exact) mass is 765 g/mol. The maximum Gasteiger partial charge on any atom is 0.160 e. The normalized spacial score (nSPS) is 11.7. The van der Waals surface area contributed by atoms with Gasteiger partial charge in [0.2, 0.25) is 0 Å². The van der Waals surface area contributed by atoms with Gasteiger partial charge in [0.1, 0.15) is 5.82 Å². The number of rotatable bonds is 6. The number of hydrogen-bond acceptors (Lipinski definition) is 3. The SMILES string of the molecule is c1ccc(-c2cc(-c3ccc(-c4cc(-n5c6ccccc6c6ccccc65)nc5ccc(-n6c7ccccc7c7ccccc76)cc45)cc3)nc(-c3ccccc3)n2)cc1. The molecule has 5 heteroatoms. The number of pyridine rings is 1. The molecule has 0 radical (unpaired) electrons. The lowest BCUT2D eigenvalue weighted by Crippen LogP contribution is -2.00. The Hall–Kier alpha value is -8.15. The fourth-order valence-electron chi connectivity index (χ4n) is 8.95. The van der Waals surface area contributed by atoms with Crippen molar-refractivity contribution in [3.05, 3.63) is 212 Å². The van der Waals surface area contributed by atoms with Crippen LogP contribution in [0.15, 0.2) is 212 Å². The minimum Gasteiger partial charge on any atom is -0.309 e. The molecule has 60 heavy (non-hydrogen) atoms. The lowest BCUT2D eigenvalue weighted by Gasteiger charge is -2.15.